The van der Waals surface area contributed by atoms with Crippen LogP contribution < -0.4 is 61.6 Å². The van der Waals surface area contributed by atoms with E-state index in [9.17, 15) is 12.9 Å². The second-order valence-corrected chi connectivity index (χ2v) is 4.96. The van der Waals surface area contributed by atoms with Gasteiger partial charge in [0.2, 0.25) is 0 Å². The van der Waals surface area contributed by atoms with Crippen molar-refractivity contribution in [2.45, 2.75) is 32.1 Å². The van der Waals surface area contributed by atoms with E-state index in [1.165, 1.54) is 25.3 Å². The summed E-state index contributed by atoms with van der Waals surface area (Å²) in [4.78, 5) is 0. The largest absolute Gasteiger partial charge is 1.00 e. The van der Waals surface area contributed by atoms with Gasteiger partial charge in [-0.2, -0.15) is 0 Å². The normalized spacial score (nSPS) is 16.8. The van der Waals surface area contributed by atoms with Crippen molar-refractivity contribution < 1.29 is 69.1 Å². The van der Waals surface area contributed by atoms with E-state index in [1.54, 1.807) is 6.07 Å². The van der Waals surface area contributed by atoms with Gasteiger partial charge in [0.05, 0.1) is 6.61 Å². The Balaban J connectivity index is 0.00000180. The Morgan fingerprint density at radius 2 is 1.79 bits per heavy atom. The Hall–Kier alpha value is 0.511. The van der Waals surface area contributed by atoms with Gasteiger partial charge in [-0.15, -0.1) is 5.46 Å². The van der Waals surface area contributed by atoms with E-state index in [0.29, 0.717) is 18.3 Å². The average molecular weight is 296 g/mol. The maximum absolute atomic E-state index is 12.6. The molecule has 0 aliphatic heterocycles. The molecule has 0 spiro atoms. The minimum absolute atomic E-state index is 0. The molecule has 0 amide bonds. The molecule has 1 saturated carbocycles. The molecular formula is C13H17BF3KO. The first-order chi connectivity index (χ1) is 8.55. The quantitative estimate of drug-likeness (QED) is 0.744. The van der Waals surface area contributed by atoms with E-state index in [2.05, 4.69) is 0 Å². The standard InChI is InChI=1S/C13H17BF3O.K/c15-14(16,17)12-7-4-8-13(9-12)18-10-11-5-2-1-3-6-11;/h4,7-9,11H,1-3,5-6,10H2;/q-1;+1. The van der Waals surface area contributed by atoms with Crippen LogP contribution in [0.15, 0.2) is 24.3 Å². The molecule has 100 valence electrons. The van der Waals surface area contributed by atoms with Crippen molar-refractivity contribution in [2.24, 2.45) is 5.92 Å². The van der Waals surface area contributed by atoms with Gasteiger partial charge < -0.3 is 17.7 Å². The molecule has 19 heavy (non-hydrogen) atoms. The third-order valence-electron chi connectivity index (χ3n) is 3.45. The summed E-state index contributed by atoms with van der Waals surface area (Å²) in [5, 5.41) is 0. The molecule has 1 aliphatic carbocycles. The molecule has 0 N–H and O–H groups in total. The van der Waals surface area contributed by atoms with Gasteiger partial charge in [-0.3, -0.25) is 0 Å². The van der Waals surface area contributed by atoms with Crippen LogP contribution in [0, 0.1) is 5.92 Å². The number of halogens is 3. The molecule has 0 heterocycles. The van der Waals surface area contributed by atoms with Crippen LogP contribution in [0.2, 0.25) is 0 Å². The molecule has 0 radical (unpaired) electrons. The molecule has 2 rings (SSSR count). The third kappa shape index (κ3) is 5.79. The van der Waals surface area contributed by atoms with Crippen molar-refractivity contribution in [2.75, 3.05) is 6.61 Å². The predicted molar refractivity (Wildman–Crippen MR) is 67.2 cm³/mol. The van der Waals surface area contributed by atoms with Crippen LogP contribution in [-0.4, -0.2) is 13.6 Å². The smallest absolute Gasteiger partial charge is 0.493 e. The first-order valence-corrected chi connectivity index (χ1v) is 6.48. The summed E-state index contributed by atoms with van der Waals surface area (Å²) >= 11 is 0. The van der Waals surface area contributed by atoms with Gasteiger partial charge in [0, 0.05) is 0 Å². The van der Waals surface area contributed by atoms with Gasteiger partial charge in [-0.05, 0) is 30.9 Å². The minimum Gasteiger partial charge on any atom is -0.493 e. The van der Waals surface area contributed by atoms with Crippen molar-refractivity contribution >= 4 is 12.4 Å². The molecule has 1 fully saturated rings. The van der Waals surface area contributed by atoms with Gasteiger partial charge in [-0.25, -0.2) is 0 Å². The molecule has 0 unspecified atom stereocenters. The second-order valence-electron chi connectivity index (χ2n) is 4.96. The third-order valence-corrected chi connectivity index (χ3v) is 3.45. The van der Waals surface area contributed by atoms with Gasteiger partial charge in [-0.1, -0.05) is 31.4 Å². The summed E-state index contributed by atoms with van der Waals surface area (Å²) in [7, 11) is 0. The summed E-state index contributed by atoms with van der Waals surface area (Å²) in [6.07, 6.45) is 5.94. The minimum atomic E-state index is -4.94. The van der Waals surface area contributed by atoms with Crippen molar-refractivity contribution in [1.82, 2.24) is 0 Å². The van der Waals surface area contributed by atoms with E-state index in [4.69, 9.17) is 4.74 Å². The van der Waals surface area contributed by atoms with Crippen LogP contribution >= 0.6 is 0 Å². The summed E-state index contributed by atoms with van der Waals surface area (Å²) in [5.41, 5.74) is -0.587. The molecule has 0 bridgehead atoms. The van der Waals surface area contributed by atoms with Crippen LogP contribution in [0.3, 0.4) is 0 Å². The topological polar surface area (TPSA) is 9.23 Å². The Bertz CT molecular complexity index is 392. The maximum atomic E-state index is 12.6. The second kappa shape index (κ2) is 8.08. The maximum Gasteiger partial charge on any atom is 1.00 e. The first kappa shape index (κ1) is 17.6. The van der Waals surface area contributed by atoms with Crippen LogP contribution in [0.25, 0.3) is 0 Å². The molecule has 0 aromatic heterocycles. The van der Waals surface area contributed by atoms with Gasteiger partial charge in [0.15, 0.2) is 0 Å². The Morgan fingerprint density at radius 3 is 2.42 bits per heavy atom. The van der Waals surface area contributed by atoms with Crippen LogP contribution in [-0.2, 0) is 0 Å². The zero-order valence-electron chi connectivity index (χ0n) is 11.2. The predicted octanol–water partition coefficient (Wildman–Crippen LogP) is 0.704. The fourth-order valence-corrected chi connectivity index (χ4v) is 2.38. The summed E-state index contributed by atoms with van der Waals surface area (Å²) in [6, 6.07) is 5.19. The van der Waals surface area contributed by atoms with Crippen LogP contribution in [0.4, 0.5) is 12.9 Å². The summed E-state index contributed by atoms with van der Waals surface area (Å²) < 4.78 is 43.2. The number of benzene rings is 1. The molecule has 1 nitrogen and oxygen atoms in total. The fraction of sp³-hybridized carbons (Fsp3) is 0.538. The number of hydrogen-bond acceptors (Lipinski definition) is 1. The molecule has 6 heteroatoms. The van der Waals surface area contributed by atoms with Crippen molar-refractivity contribution in [3.05, 3.63) is 24.3 Å². The SMILES string of the molecule is F[B-](F)(F)c1cccc(OCC2CCCCC2)c1.[K+]. The van der Waals surface area contributed by atoms with Crippen molar-refractivity contribution in [1.29, 1.82) is 0 Å². The molecule has 1 aromatic carbocycles. The number of hydrogen-bond donors (Lipinski definition) is 0. The van der Waals surface area contributed by atoms with E-state index >= 15 is 0 Å². The van der Waals surface area contributed by atoms with E-state index < -0.39 is 12.4 Å². The Kier molecular flexibility index (Phi) is 7.47. The fourth-order valence-electron chi connectivity index (χ4n) is 2.38. The summed E-state index contributed by atoms with van der Waals surface area (Å²) in [5.74, 6) is 0.830. The molecule has 1 aromatic rings. The van der Waals surface area contributed by atoms with E-state index in [0.717, 1.165) is 25.0 Å². The molecule has 1 aliphatic rings. The zero-order valence-corrected chi connectivity index (χ0v) is 14.4. The molecule has 0 saturated heterocycles. The van der Waals surface area contributed by atoms with Gasteiger partial charge >= 0.3 is 58.4 Å². The Labute approximate surface area is 154 Å². The van der Waals surface area contributed by atoms with Crippen LogP contribution in [0.5, 0.6) is 5.75 Å². The number of rotatable bonds is 4. The Morgan fingerprint density at radius 1 is 1.11 bits per heavy atom. The molecular weight excluding hydrogens is 279 g/mol. The van der Waals surface area contributed by atoms with Crippen LogP contribution in [0.1, 0.15) is 32.1 Å². The van der Waals surface area contributed by atoms with Gasteiger partial charge in [0.1, 0.15) is 5.75 Å². The van der Waals surface area contributed by atoms with Gasteiger partial charge in [0.25, 0.3) is 0 Å². The monoisotopic (exact) mass is 296 g/mol. The van der Waals surface area contributed by atoms with Crippen molar-refractivity contribution in [3.63, 3.8) is 0 Å². The number of ether oxygens (including phenoxy) is 1. The van der Waals surface area contributed by atoms with E-state index in [-0.39, 0.29) is 51.4 Å². The average Bonchev–Trinajstić information content (AvgIpc) is 2.37. The zero-order chi connectivity index (χ0) is 13.0. The summed E-state index contributed by atoms with van der Waals surface area (Å²) in [6.45, 7) is -4.40. The van der Waals surface area contributed by atoms with Crippen molar-refractivity contribution in [3.8, 4) is 5.75 Å². The van der Waals surface area contributed by atoms with E-state index in [1.807, 2.05) is 0 Å². The molecule has 0 atom stereocenters. The first-order valence-electron chi connectivity index (χ1n) is 6.48.